The molecule has 1 unspecified atom stereocenters. The van der Waals surface area contributed by atoms with Gasteiger partial charge in [-0.15, -0.1) is 0 Å². The molecule has 0 aliphatic carbocycles. The van der Waals surface area contributed by atoms with Gasteiger partial charge in [0.05, 0.1) is 5.69 Å². The third-order valence-electron chi connectivity index (χ3n) is 6.34. The Balaban J connectivity index is 1.37. The first-order valence-electron chi connectivity index (χ1n) is 12.4. The van der Waals surface area contributed by atoms with E-state index < -0.39 is 0 Å². The van der Waals surface area contributed by atoms with Crippen LogP contribution in [0.3, 0.4) is 0 Å². The second-order valence-electron chi connectivity index (χ2n) is 8.92. The number of carbonyl (C=O) groups excluding carboxylic acids is 1. The maximum absolute atomic E-state index is 14.2. The summed E-state index contributed by atoms with van der Waals surface area (Å²) in [6, 6.07) is 30.1. The number of rotatable bonds is 10. The monoisotopic (exact) mass is 493 g/mol. The van der Waals surface area contributed by atoms with Crippen molar-refractivity contribution in [3.05, 3.63) is 138 Å². The van der Waals surface area contributed by atoms with E-state index >= 15 is 0 Å². The fraction of sp³-hybridized carbons (Fsp3) is 0.161. The molecule has 0 radical (unpaired) electrons. The number of imidazole rings is 1. The zero-order valence-corrected chi connectivity index (χ0v) is 20.4. The minimum absolute atomic E-state index is 0.100. The number of carbonyl (C=O) groups is 1. The number of benzene rings is 3. The van der Waals surface area contributed by atoms with E-state index in [-0.39, 0.29) is 24.1 Å². The Hall–Kier alpha value is -4.45. The van der Waals surface area contributed by atoms with Crippen LogP contribution in [0.15, 0.2) is 109 Å². The van der Waals surface area contributed by atoms with Gasteiger partial charge >= 0.3 is 0 Å². The standard InChI is InChI=1S/C31H28FN3O2/c32-26-14-7-13-25(19-26)27(20-30(36)33-17-16-23-9-3-1-4-10-23)28-21-34-31-29(15-8-18-35(28)31)37-22-24-11-5-2-6-12-24/h1-15,18-19,21,27H,16-17,20,22H2,(H,33,36). The van der Waals surface area contributed by atoms with Crippen LogP contribution in [0.25, 0.3) is 5.65 Å². The summed E-state index contributed by atoms with van der Waals surface area (Å²) in [6.07, 6.45) is 4.56. The molecule has 1 amide bonds. The molecule has 6 heteroatoms. The van der Waals surface area contributed by atoms with Gasteiger partial charge in [0, 0.05) is 31.3 Å². The first-order chi connectivity index (χ1) is 18.2. The minimum Gasteiger partial charge on any atom is -0.485 e. The molecular weight excluding hydrogens is 465 g/mol. The zero-order chi connectivity index (χ0) is 25.5. The predicted octanol–water partition coefficient (Wildman–Crippen LogP) is 5.93. The van der Waals surface area contributed by atoms with Crippen molar-refractivity contribution in [3.8, 4) is 5.75 Å². The molecule has 0 saturated carbocycles. The molecule has 0 aliphatic heterocycles. The summed E-state index contributed by atoms with van der Waals surface area (Å²) >= 11 is 0. The fourth-order valence-corrected chi connectivity index (χ4v) is 4.47. The average molecular weight is 494 g/mol. The van der Waals surface area contributed by atoms with Crippen LogP contribution in [0.2, 0.25) is 0 Å². The van der Waals surface area contributed by atoms with Gasteiger partial charge in [0.1, 0.15) is 12.4 Å². The van der Waals surface area contributed by atoms with Crippen LogP contribution in [-0.4, -0.2) is 21.8 Å². The number of hydrogen-bond donors (Lipinski definition) is 1. The number of fused-ring (bicyclic) bond motifs is 1. The molecule has 2 heterocycles. The van der Waals surface area contributed by atoms with Crippen molar-refractivity contribution in [2.24, 2.45) is 0 Å². The molecule has 5 aromatic rings. The summed E-state index contributed by atoms with van der Waals surface area (Å²) in [5.41, 5.74) is 4.38. The fourth-order valence-electron chi connectivity index (χ4n) is 4.47. The van der Waals surface area contributed by atoms with Gasteiger partial charge in [-0.2, -0.15) is 0 Å². The smallest absolute Gasteiger partial charge is 0.221 e. The van der Waals surface area contributed by atoms with Gasteiger partial charge in [0.25, 0.3) is 0 Å². The topological polar surface area (TPSA) is 55.6 Å². The number of nitrogens with one attached hydrogen (secondary N) is 1. The molecule has 5 nitrogen and oxygen atoms in total. The van der Waals surface area contributed by atoms with Gasteiger partial charge in [0.15, 0.2) is 11.4 Å². The largest absolute Gasteiger partial charge is 0.485 e. The summed E-state index contributed by atoms with van der Waals surface area (Å²) in [7, 11) is 0. The van der Waals surface area contributed by atoms with Crippen molar-refractivity contribution in [3.63, 3.8) is 0 Å². The molecule has 0 spiro atoms. The number of ether oxygens (including phenoxy) is 1. The normalized spacial score (nSPS) is 11.8. The predicted molar refractivity (Wildman–Crippen MR) is 142 cm³/mol. The Morgan fingerprint density at radius 3 is 2.43 bits per heavy atom. The van der Waals surface area contributed by atoms with Crippen LogP contribution in [0.5, 0.6) is 5.75 Å². The Bertz CT molecular complexity index is 1470. The van der Waals surface area contributed by atoms with Gasteiger partial charge in [-0.1, -0.05) is 72.8 Å². The summed E-state index contributed by atoms with van der Waals surface area (Å²) in [5, 5.41) is 3.02. The third-order valence-corrected chi connectivity index (χ3v) is 6.34. The lowest BCUT2D eigenvalue weighted by Gasteiger charge is -2.18. The first-order valence-corrected chi connectivity index (χ1v) is 12.4. The molecule has 5 rings (SSSR count). The van der Waals surface area contributed by atoms with E-state index in [1.165, 1.54) is 12.1 Å². The van der Waals surface area contributed by atoms with Gasteiger partial charge in [0.2, 0.25) is 5.91 Å². The van der Waals surface area contributed by atoms with Crippen LogP contribution >= 0.6 is 0 Å². The lowest BCUT2D eigenvalue weighted by molar-refractivity contribution is -0.121. The average Bonchev–Trinajstić information content (AvgIpc) is 3.36. The van der Waals surface area contributed by atoms with Gasteiger partial charge in [-0.05, 0) is 47.4 Å². The number of hydrogen-bond acceptors (Lipinski definition) is 3. The highest BCUT2D eigenvalue weighted by Gasteiger charge is 2.23. The van der Waals surface area contributed by atoms with Crippen molar-refractivity contribution in [2.75, 3.05) is 6.54 Å². The van der Waals surface area contributed by atoms with Crippen molar-refractivity contribution >= 4 is 11.6 Å². The molecule has 3 aromatic carbocycles. The second-order valence-corrected chi connectivity index (χ2v) is 8.92. The van der Waals surface area contributed by atoms with E-state index in [0.717, 1.165) is 28.8 Å². The molecule has 37 heavy (non-hydrogen) atoms. The van der Waals surface area contributed by atoms with E-state index in [1.54, 1.807) is 12.3 Å². The van der Waals surface area contributed by atoms with E-state index in [9.17, 15) is 9.18 Å². The molecule has 1 atom stereocenters. The van der Waals surface area contributed by atoms with E-state index in [2.05, 4.69) is 10.3 Å². The van der Waals surface area contributed by atoms with Crippen molar-refractivity contribution in [1.29, 1.82) is 0 Å². The lowest BCUT2D eigenvalue weighted by Crippen LogP contribution is -2.27. The highest BCUT2D eigenvalue weighted by Crippen LogP contribution is 2.31. The van der Waals surface area contributed by atoms with Gasteiger partial charge in [-0.3, -0.25) is 4.79 Å². The molecule has 0 bridgehead atoms. The highest BCUT2D eigenvalue weighted by molar-refractivity contribution is 5.77. The number of halogens is 1. The van der Waals surface area contributed by atoms with Crippen LogP contribution in [0, 0.1) is 5.82 Å². The number of aromatic nitrogens is 2. The Labute approximate surface area is 215 Å². The highest BCUT2D eigenvalue weighted by atomic mass is 19.1. The molecule has 186 valence electrons. The summed E-state index contributed by atoms with van der Waals surface area (Å²) < 4.78 is 22.2. The SMILES string of the molecule is O=C(CC(c1cccc(F)c1)c1cnc2c(OCc3ccccc3)cccn12)NCCc1ccccc1. The first kappa shape index (κ1) is 24.3. The van der Waals surface area contributed by atoms with Crippen LogP contribution in [0.1, 0.15) is 34.7 Å². The summed E-state index contributed by atoms with van der Waals surface area (Å²) in [6.45, 7) is 0.948. The molecule has 0 saturated heterocycles. The molecule has 1 N–H and O–H groups in total. The summed E-state index contributed by atoms with van der Waals surface area (Å²) in [4.78, 5) is 17.6. The van der Waals surface area contributed by atoms with Crippen molar-refractivity contribution in [1.82, 2.24) is 14.7 Å². The Kier molecular flexibility index (Phi) is 7.55. The van der Waals surface area contributed by atoms with Crippen LogP contribution in [0.4, 0.5) is 4.39 Å². The van der Waals surface area contributed by atoms with Gasteiger partial charge in [-0.25, -0.2) is 9.37 Å². The number of amides is 1. The van der Waals surface area contributed by atoms with Gasteiger partial charge < -0.3 is 14.5 Å². The van der Waals surface area contributed by atoms with E-state index in [1.807, 2.05) is 89.5 Å². The van der Waals surface area contributed by atoms with Crippen molar-refractivity contribution < 1.29 is 13.9 Å². The maximum atomic E-state index is 14.2. The molecule has 2 aromatic heterocycles. The van der Waals surface area contributed by atoms with Crippen molar-refractivity contribution in [2.45, 2.75) is 25.4 Å². The summed E-state index contributed by atoms with van der Waals surface area (Å²) in [5.74, 6) is -0.181. The van der Waals surface area contributed by atoms with Crippen LogP contribution in [-0.2, 0) is 17.8 Å². The molecule has 0 fully saturated rings. The number of pyridine rings is 1. The van der Waals surface area contributed by atoms with E-state index in [4.69, 9.17) is 4.74 Å². The second kappa shape index (κ2) is 11.5. The Morgan fingerprint density at radius 2 is 1.68 bits per heavy atom. The molecular formula is C31H28FN3O2. The maximum Gasteiger partial charge on any atom is 0.221 e. The quantitative estimate of drug-likeness (QED) is 0.262. The third kappa shape index (κ3) is 6.04. The zero-order valence-electron chi connectivity index (χ0n) is 20.4. The Morgan fingerprint density at radius 1 is 0.919 bits per heavy atom. The lowest BCUT2D eigenvalue weighted by atomic mass is 9.92. The van der Waals surface area contributed by atoms with Crippen LogP contribution < -0.4 is 10.1 Å². The van der Waals surface area contributed by atoms with E-state index in [0.29, 0.717) is 24.5 Å². The molecule has 0 aliphatic rings. The number of nitrogens with zero attached hydrogens (tertiary/aromatic N) is 2. The minimum atomic E-state index is -0.383.